The van der Waals surface area contributed by atoms with E-state index in [1.165, 1.54) is 19.3 Å². The van der Waals surface area contributed by atoms with Gasteiger partial charge in [-0.2, -0.15) is 10.2 Å². The predicted molar refractivity (Wildman–Crippen MR) is 114 cm³/mol. The smallest absolute Gasteiger partial charge is 0.275 e. The van der Waals surface area contributed by atoms with Crippen molar-refractivity contribution in [1.82, 2.24) is 29.8 Å². The second-order valence-electron chi connectivity index (χ2n) is 9.04. The molecule has 8 heteroatoms. The van der Waals surface area contributed by atoms with Gasteiger partial charge in [-0.1, -0.05) is 20.3 Å². The van der Waals surface area contributed by atoms with Gasteiger partial charge in [0.2, 0.25) is 0 Å². The molecule has 2 saturated heterocycles. The summed E-state index contributed by atoms with van der Waals surface area (Å²) in [5.41, 5.74) is 2.51. The van der Waals surface area contributed by atoms with Crippen LogP contribution in [0, 0.1) is 5.92 Å². The van der Waals surface area contributed by atoms with Crippen molar-refractivity contribution in [3.05, 3.63) is 35.4 Å². The monoisotopic (exact) mass is 414 g/mol. The number of aromatic nitrogens is 4. The van der Waals surface area contributed by atoms with Crippen LogP contribution in [0.15, 0.2) is 18.5 Å². The van der Waals surface area contributed by atoms with Gasteiger partial charge in [0.15, 0.2) is 0 Å². The van der Waals surface area contributed by atoms with E-state index in [1.54, 1.807) is 4.68 Å². The molecule has 164 valence electrons. The zero-order valence-corrected chi connectivity index (χ0v) is 18.4. The molecular weight excluding hydrogens is 380 g/mol. The van der Waals surface area contributed by atoms with E-state index in [0.717, 1.165) is 37.3 Å². The van der Waals surface area contributed by atoms with E-state index in [4.69, 9.17) is 4.74 Å². The summed E-state index contributed by atoms with van der Waals surface area (Å²) in [4.78, 5) is 17.9. The molecule has 0 radical (unpaired) electrons. The predicted octanol–water partition coefficient (Wildman–Crippen LogP) is 2.41. The minimum atomic E-state index is -0.160. The van der Waals surface area contributed by atoms with Crippen LogP contribution in [-0.2, 0) is 18.2 Å². The van der Waals surface area contributed by atoms with Gasteiger partial charge in [0, 0.05) is 37.6 Å². The number of rotatable bonds is 6. The molecule has 30 heavy (non-hydrogen) atoms. The van der Waals surface area contributed by atoms with Crippen molar-refractivity contribution in [2.75, 3.05) is 32.8 Å². The van der Waals surface area contributed by atoms with Crippen molar-refractivity contribution in [3.63, 3.8) is 0 Å². The summed E-state index contributed by atoms with van der Waals surface area (Å²) in [5.74, 6) is 0.468. The van der Waals surface area contributed by atoms with Gasteiger partial charge >= 0.3 is 0 Å². The molecule has 2 aromatic heterocycles. The Bertz CT molecular complexity index is 838. The maximum absolute atomic E-state index is 13.5. The lowest BCUT2D eigenvalue weighted by molar-refractivity contribution is -0.0743. The number of hydrogen-bond donors (Lipinski definition) is 1. The first-order valence-electron chi connectivity index (χ1n) is 11.2. The Morgan fingerprint density at radius 1 is 1.27 bits per heavy atom. The van der Waals surface area contributed by atoms with Gasteiger partial charge in [0.1, 0.15) is 5.69 Å². The average Bonchev–Trinajstić information content (AvgIpc) is 3.36. The molecule has 0 spiro atoms. The van der Waals surface area contributed by atoms with Gasteiger partial charge in [-0.15, -0.1) is 0 Å². The van der Waals surface area contributed by atoms with Gasteiger partial charge in [0.25, 0.3) is 5.91 Å². The van der Waals surface area contributed by atoms with Crippen LogP contribution in [0.2, 0.25) is 0 Å². The summed E-state index contributed by atoms with van der Waals surface area (Å²) in [5, 5.41) is 11.7. The molecule has 0 unspecified atom stereocenters. The number of likely N-dealkylation sites (tertiary alicyclic amines) is 1. The van der Waals surface area contributed by atoms with Gasteiger partial charge in [0.05, 0.1) is 24.9 Å². The zero-order chi connectivity index (χ0) is 21.1. The summed E-state index contributed by atoms with van der Waals surface area (Å²) in [6, 6.07) is 1.74. The van der Waals surface area contributed by atoms with E-state index in [1.807, 2.05) is 30.4 Å². The quantitative estimate of drug-likeness (QED) is 0.785. The Balaban J connectivity index is 1.57. The second-order valence-corrected chi connectivity index (χ2v) is 9.04. The van der Waals surface area contributed by atoms with Crippen molar-refractivity contribution in [2.45, 2.75) is 51.7 Å². The maximum atomic E-state index is 13.5. The first kappa shape index (κ1) is 21.1. The standard InChI is InChI=1S/C22H34N6O2/c1-16(2)11-18-12-19(25-24-18)22(29)28-9-10-30-20(15-27-7-5-4-6-8-27)21(28)17-13-23-26(3)14-17/h12-14,16,20-21H,4-11,15H2,1-3H3,(H,24,25)/t20-,21-/m0/s1. The van der Waals surface area contributed by atoms with Crippen LogP contribution in [-0.4, -0.2) is 74.6 Å². The van der Waals surface area contributed by atoms with Crippen LogP contribution in [0.25, 0.3) is 0 Å². The first-order chi connectivity index (χ1) is 14.5. The molecule has 0 aromatic carbocycles. The highest BCUT2D eigenvalue weighted by atomic mass is 16.5. The molecule has 2 fully saturated rings. The second kappa shape index (κ2) is 9.31. The van der Waals surface area contributed by atoms with E-state index < -0.39 is 0 Å². The van der Waals surface area contributed by atoms with Crippen molar-refractivity contribution in [2.24, 2.45) is 13.0 Å². The highest BCUT2D eigenvalue weighted by Gasteiger charge is 2.39. The lowest BCUT2D eigenvalue weighted by Gasteiger charge is -2.42. The molecule has 1 amide bonds. The zero-order valence-electron chi connectivity index (χ0n) is 18.4. The number of nitrogens with one attached hydrogen (secondary N) is 1. The van der Waals surface area contributed by atoms with Gasteiger partial charge in [-0.05, 0) is 44.3 Å². The fourth-order valence-electron chi connectivity index (χ4n) is 4.66. The van der Waals surface area contributed by atoms with Crippen LogP contribution < -0.4 is 0 Å². The van der Waals surface area contributed by atoms with E-state index in [9.17, 15) is 4.79 Å². The number of amides is 1. The van der Waals surface area contributed by atoms with Crippen molar-refractivity contribution < 1.29 is 9.53 Å². The SMILES string of the molecule is CC(C)Cc1cc(C(=O)N2CCO[C@@H](CN3CCCCC3)[C@@H]2c2cnn(C)c2)n[nH]1. The lowest BCUT2D eigenvalue weighted by atomic mass is 9.99. The van der Waals surface area contributed by atoms with Crippen molar-refractivity contribution in [3.8, 4) is 0 Å². The van der Waals surface area contributed by atoms with Crippen LogP contribution in [0.3, 0.4) is 0 Å². The Kier molecular flexibility index (Phi) is 6.53. The molecule has 0 saturated carbocycles. The van der Waals surface area contributed by atoms with Crippen molar-refractivity contribution >= 4 is 5.91 Å². The molecule has 2 aromatic rings. The molecule has 1 N–H and O–H groups in total. The van der Waals surface area contributed by atoms with Crippen LogP contribution in [0.5, 0.6) is 0 Å². The van der Waals surface area contributed by atoms with E-state index in [-0.39, 0.29) is 18.1 Å². The van der Waals surface area contributed by atoms with E-state index >= 15 is 0 Å². The molecule has 4 heterocycles. The number of carbonyl (C=O) groups is 1. The molecule has 4 rings (SSSR count). The summed E-state index contributed by atoms with van der Waals surface area (Å²) in [6.45, 7) is 8.47. The topological polar surface area (TPSA) is 79.3 Å². The highest BCUT2D eigenvalue weighted by Crippen LogP contribution is 2.32. The lowest BCUT2D eigenvalue weighted by Crippen LogP contribution is -2.52. The molecular formula is C22H34N6O2. The number of morpholine rings is 1. The minimum absolute atomic E-state index is 0.0398. The Labute approximate surface area is 178 Å². The molecule has 2 aliphatic rings. The van der Waals surface area contributed by atoms with E-state index in [2.05, 4.69) is 34.0 Å². The fourth-order valence-corrected chi connectivity index (χ4v) is 4.66. The fraction of sp³-hybridized carbons (Fsp3) is 0.682. The Morgan fingerprint density at radius 3 is 2.77 bits per heavy atom. The number of piperidine rings is 1. The van der Waals surface area contributed by atoms with Crippen LogP contribution in [0.1, 0.15) is 60.9 Å². The third-order valence-corrected chi connectivity index (χ3v) is 6.04. The number of hydrogen-bond acceptors (Lipinski definition) is 5. The van der Waals surface area contributed by atoms with Gasteiger partial charge in [-0.25, -0.2) is 0 Å². The summed E-state index contributed by atoms with van der Waals surface area (Å²) in [6.07, 6.45) is 8.44. The summed E-state index contributed by atoms with van der Waals surface area (Å²) in [7, 11) is 1.91. The van der Waals surface area contributed by atoms with Gasteiger partial charge < -0.3 is 14.5 Å². The molecule has 2 aliphatic heterocycles. The third-order valence-electron chi connectivity index (χ3n) is 6.04. The molecule has 0 aliphatic carbocycles. The Hall–Kier alpha value is -2.19. The number of aromatic amines is 1. The first-order valence-corrected chi connectivity index (χ1v) is 11.2. The number of aryl methyl sites for hydroxylation is 1. The van der Waals surface area contributed by atoms with Crippen molar-refractivity contribution in [1.29, 1.82) is 0 Å². The number of carbonyl (C=O) groups excluding carboxylic acids is 1. The largest absolute Gasteiger partial charge is 0.373 e. The number of ether oxygens (including phenoxy) is 1. The number of nitrogens with zero attached hydrogens (tertiary/aromatic N) is 5. The number of H-pyrrole nitrogens is 1. The van der Waals surface area contributed by atoms with Gasteiger partial charge in [-0.3, -0.25) is 14.6 Å². The highest BCUT2D eigenvalue weighted by molar-refractivity contribution is 5.92. The normalized spacial score (nSPS) is 23.3. The average molecular weight is 415 g/mol. The maximum Gasteiger partial charge on any atom is 0.275 e. The minimum Gasteiger partial charge on any atom is -0.373 e. The summed E-state index contributed by atoms with van der Waals surface area (Å²) >= 11 is 0. The molecule has 2 atom stereocenters. The summed E-state index contributed by atoms with van der Waals surface area (Å²) < 4.78 is 8.02. The van der Waals surface area contributed by atoms with Crippen LogP contribution >= 0.6 is 0 Å². The molecule has 0 bridgehead atoms. The molecule has 8 nitrogen and oxygen atoms in total. The van der Waals surface area contributed by atoms with E-state index in [0.29, 0.717) is 24.8 Å². The van der Waals surface area contributed by atoms with Crippen LogP contribution in [0.4, 0.5) is 0 Å². The third kappa shape index (κ3) is 4.75. The Morgan fingerprint density at radius 2 is 2.07 bits per heavy atom.